The smallest absolute Gasteiger partial charge is 0.0948 e. The lowest BCUT2D eigenvalue weighted by Gasteiger charge is -2.03. The van der Waals surface area contributed by atoms with Gasteiger partial charge in [-0.3, -0.25) is 0 Å². The van der Waals surface area contributed by atoms with Crippen LogP contribution in [0, 0.1) is 0 Å². The van der Waals surface area contributed by atoms with Crippen LogP contribution in [0.2, 0.25) is 0 Å². The maximum absolute atomic E-state index is 5.46. The van der Waals surface area contributed by atoms with Crippen LogP contribution in [-0.4, -0.2) is 31.1 Å². The van der Waals surface area contributed by atoms with Gasteiger partial charge in [0.2, 0.25) is 0 Å². The van der Waals surface area contributed by atoms with Gasteiger partial charge in [0.15, 0.2) is 0 Å². The third-order valence-electron chi connectivity index (χ3n) is 2.45. The van der Waals surface area contributed by atoms with E-state index < -0.39 is 0 Å². The molecule has 86 valence electrons. The summed E-state index contributed by atoms with van der Waals surface area (Å²) in [5.74, 6) is 0. The molecule has 16 heavy (non-hydrogen) atoms. The molecule has 0 amide bonds. The molecule has 6 heteroatoms. The summed E-state index contributed by atoms with van der Waals surface area (Å²) in [6.07, 6.45) is 6.38. The molecule has 2 heterocycles. The number of aromatic nitrogens is 5. The number of rotatable bonds is 5. The van der Waals surface area contributed by atoms with Crippen LogP contribution in [-0.2, 0) is 19.5 Å². The molecule has 0 aliphatic carbocycles. The Labute approximate surface area is 94.1 Å². The Morgan fingerprint density at radius 1 is 1.44 bits per heavy atom. The maximum Gasteiger partial charge on any atom is 0.0948 e. The molecular formula is C10H16N6. The van der Waals surface area contributed by atoms with Crippen molar-refractivity contribution in [1.82, 2.24) is 24.5 Å². The Hall–Kier alpha value is -1.69. The molecule has 0 atom stereocenters. The minimum absolute atomic E-state index is 0.603. The molecule has 2 aromatic rings. The summed E-state index contributed by atoms with van der Waals surface area (Å²) in [6.45, 7) is 4.31. The van der Waals surface area contributed by atoms with Crippen LogP contribution >= 0.6 is 0 Å². The van der Waals surface area contributed by atoms with Crippen molar-refractivity contribution in [2.45, 2.75) is 26.4 Å². The van der Waals surface area contributed by atoms with E-state index in [1.807, 2.05) is 23.4 Å². The molecule has 0 unspecified atom stereocenters. The monoisotopic (exact) mass is 220 g/mol. The van der Waals surface area contributed by atoms with Crippen molar-refractivity contribution in [3.8, 4) is 0 Å². The molecule has 2 N–H and O–H groups in total. The average molecular weight is 220 g/mol. The van der Waals surface area contributed by atoms with Gasteiger partial charge in [-0.1, -0.05) is 5.21 Å². The SMILES string of the molecule is CCn1cncc1Cn1cc(CCN)nn1. The number of nitrogens with two attached hydrogens (primary N) is 1. The summed E-state index contributed by atoms with van der Waals surface area (Å²) < 4.78 is 3.90. The summed E-state index contributed by atoms with van der Waals surface area (Å²) in [5.41, 5.74) is 7.53. The highest BCUT2D eigenvalue weighted by atomic mass is 15.4. The van der Waals surface area contributed by atoms with Gasteiger partial charge in [0.25, 0.3) is 0 Å². The molecule has 0 aromatic carbocycles. The number of hydrogen-bond acceptors (Lipinski definition) is 4. The predicted molar refractivity (Wildman–Crippen MR) is 59.8 cm³/mol. The number of hydrogen-bond donors (Lipinski definition) is 1. The standard InChI is InChI=1S/C10H16N6/c1-2-15-8-12-5-10(15)7-16-6-9(3-4-11)13-14-16/h5-6,8H,2-4,7,11H2,1H3. The molecule has 2 rings (SSSR count). The molecular weight excluding hydrogens is 204 g/mol. The Morgan fingerprint density at radius 3 is 3.06 bits per heavy atom. The fourth-order valence-corrected chi connectivity index (χ4v) is 1.61. The molecule has 0 fully saturated rings. The van der Waals surface area contributed by atoms with E-state index in [0.717, 1.165) is 24.4 Å². The van der Waals surface area contributed by atoms with Crippen molar-refractivity contribution < 1.29 is 0 Å². The fraction of sp³-hybridized carbons (Fsp3) is 0.500. The second-order valence-corrected chi connectivity index (χ2v) is 3.62. The van der Waals surface area contributed by atoms with Gasteiger partial charge < -0.3 is 10.3 Å². The lowest BCUT2D eigenvalue weighted by Crippen LogP contribution is -2.06. The Balaban J connectivity index is 2.08. The molecule has 2 aromatic heterocycles. The lowest BCUT2D eigenvalue weighted by molar-refractivity contribution is 0.602. The maximum atomic E-state index is 5.46. The van der Waals surface area contributed by atoms with E-state index in [-0.39, 0.29) is 0 Å². The van der Waals surface area contributed by atoms with Gasteiger partial charge in [-0.05, 0) is 13.5 Å². The van der Waals surface area contributed by atoms with E-state index in [0.29, 0.717) is 13.1 Å². The quantitative estimate of drug-likeness (QED) is 0.772. The van der Waals surface area contributed by atoms with E-state index in [1.165, 1.54) is 0 Å². The van der Waals surface area contributed by atoms with Crippen LogP contribution < -0.4 is 5.73 Å². The second-order valence-electron chi connectivity index (χ2n) is 3.62. The van der Waals surface area contributed by atoms with Crippen LogP contribution in [0.25, 0.3) is 0 Å². The van der Waals surface area contributed by atoms with Gasteiger partial charge in [-0.15, -0.1) is 5.10 Å². The second kappa shape index (κ2) is 4.89. The van der Waals surface area contributed by atoms with Crippen LogP contribution in [0.1, 0.15) is 18.3 Å². The molecule has 0 radical (unpaired) electrons. The normalized spacial score (nSPS) is 10.9. The highest BCUT2D eigenvalue weighted by molar-refractivity contribution is 5.00. The van der Waals surface area contributed by atoms with E-state index in [2.05, 4.69) is 26.8 Å². The Morgan fingerprint density at radius 2 is 2.31 bits per heavy atom. The highest BCUT2D eigenvalue weighted by Gasteiger charge is 2.04. The first-order chi connectivity index (χ1) is 7.83. The van der Waals surface area contributed by atoms with Crippen LogP contribution in [0.3, 0.4) is 0 Å². The highest BCUT2D eigenvalue weighted by Crippen LogP contribution is 2.02. The van der Waals surface area contributed by atoms with Crippen molar-refractivity contribution in [3.05, 3.63) is 30.1 Å². The molecule has 0 aliphatic rings. The Bertz CT molecular complexity index is 444. The third kappa shape index (κ3) is 2.27. The number of nitrogens with zero attached hydrogens (tertiary/aromatic N) is 5. The Kier molecular flexibility index (Phi) is 3.31. The number of imidazole rings is 1. The average Bonchev–Trinajstić information content (AvgIpc) is 2.89. The largest absolute Gasteiger partial charge is 0.333 e. The van der Waals surface area contributed by atoms with E-state index in [1.54, 1.807) is 0 Å². The van der Waals surface area contributed by atoms with Crippen LogP contribution in [0.5, 0.6) is 0 Å². The van der Waals surface area contributed by atoms with Crippen molar-refractivity contribution in [3.63, 3.8) is 0 Å². The predicted octanol–water partition coefficient (Wildman–Crippen LogP) is 0.0440. The van der Waals surface area contributed by atoms with Crippen molar-refractivity contribution in [1.29, 1.82) is 0 Å². The minimum Gasteiger partial charge on any atom is -0.333 e. The van der Waals surface area contributed by atoms with Gasteiger partial charge in [0, 0.05) is 19.2 Å². The van der Waals surface area contributed by atoms with Crippen LogP contribution in [0.15, 0.2) is 18.7 Å². The van der Waals surface area contributed by atoms with Gasteiger partial charge in [-0.25, -0.2) is 9.67 Å². The zero-order valence-electron chi connectivity index (χ0n) is 9.37. The zero-order chi connectivity index (χ0) is 11.4. The first kappa shape index (κ1) is 10.8. The lowest BCUT2D eigenvalue weighted by atomic mass is 10.3. The summed E-state index contributed by atoms with van der Waals surface area (Å²) in [4.78, 5) is 4.11. The topological polar surface area (TPSA) is 74.5 Å². The van der Waals surface area contributed by atoms with E-state index in [9.17, 15) is 0 Å². The van der Waals surface area contributed by atoms with Gasteiger partial charge >= 0.3 is 0 Å². The van der Waals surface area contributed by atoms with Crippen molar-refractivity contribution >= 4 is 0 Å². The van der Waals surface area contributed by atoms with E-state index >= 15 is 0 Å². The third-order valence-corrected chi connectivity index (χ3v) is 2.45. The first-order valence-corrected chi connectivity index (χ1v) is 5.41. The summed E-state index contributed by atoms with van der Waals surface area (Å²) in [5, 5.41) is 8.10. The number of aryl methyl sites for hydroxylation is 1. The molecule has 6 nitrogen and oxygen atoms in total. The van der Waals surface area contributed by atoms with Gasteiger partial charge in [-0.2, -0.15) is 0 Å². The summed E-state index contributed by atoms with van der Waals surface area (Å²) >= 11 is 0. The van der Waals surface area contributed by atoms with Gasteiger partial charge in [0.1, 0.15) is 0 Å². The summed E-state index contributed by atoms with van der Waals surface area (Å²) in [6, 6.07) is 0. The summed E-state index contributed by atoms with van der Waals surface area (Å²) in [7, 11) is 0. The minimum atomic E-state index is 0.603. The molecule has 0 saturated carbocycles. The zero-order valence-corrected chi connectivity index (χ0v) is 9.37. The first-order valence-electron chi connectivity index (χ1n) is 5.41. The van der Waals surface area contributed by atoms with E-state index in [4.69, 9.17) is 5.73 Å². The molecule has 0 aliphatic heterocycles. The molecule has 0 saturated heterocycles. The van der Waals surface area contributed by atoms with Crippen LogP contribution in [0.4, 0.5) is 0 Å². The molecule has 0 bridgehead atoms. The van der Waals surface area contributed by atoms with Crippen molar-refractivity contribution in [2.24, 2.45) is 5.73 Å². The van der Waals surface area contributed by atoms with Gasteiger partial charge in [0.05, 0.1) is 30.5 Å². The fourth-order valence-electron chi connectivity index (χ4n) is 1.61. The molecule has 0 spiro atoms. The van der Waals surface area contributed by atoms with Crippen molar-refractivity contribution in [2.75, 3.05) is 6.54 Å².